The second-order valence-corrected chi connectivity index (χ2v) is 6.72. The van der Waals surface area contributed by atoms with Gasteiger partial charge in [0.2, 0.25) is 0 Å². The normalized spacial score (nSPS) is 14.5. The maximum absolute atomic E-state index is 9.85. The van der Waals surface area contributed by atoms with Crippen LogP contribution in [0.5, 0.6) is 0 Å². The third-order valence-corrected chi connectivity index (χ3v) is 5.19. The zero-order chi connectivity index (χ0) is 18.8. The van der Waals surface area contributed by atoms with E-state index in [1.54, 1.807) is 12.1 Å². The second-order valence-electron chi connectivity index (χ2n) is 6.72. The first-order valence-electron chi connectivity index (χ1n) is 9.19. The van der Waals surface area contributed by atoms with Crippen molar-refractivity contribution in [1.82, 2.24) is 0 Å². The highest BCUT2D eigenvalue weighted by molar-refractivity contribution is 6.25. The van der Waals surface area contributed by atoms with Crippen molar-refractivity contribution >= 4 is 11.4 Å². The van der Waals surface area contributed by atoms with Gasteiger partial charge in [-0.2, -0.15) is 5.26 Å². The van der Waals surface area contributed by atoms with Crippen LogP contribution in [-0.4, -0.2) is 17.4 Å². The van der Waals surface area contributed by atoms with Gasteiger partial charge in [-0.25, -0.2) is 4.99 Å². The quantitative estimate of drug-likeness (QED) is 0.549. The fourth-order valence-corrected chi connectivity index (χ4v) is 3.77. The predicted octanol–water partition coefficient (Wildman–Crippen LogP) is 5.19. The molecule has 0 fully saturated rings. The molecule has 1 unspecified atom stereocenters. The van der Waals surface area contributed by atoms with Crippen LogP contribution in [0.3, 0.4) is 0 Å². The fraction of sp³-hybridized carbons (Fsp3) is 0.167. The van der Waals surface area contributed by atoms with Crippen LogP contribution in [0.1, 0.15) is 41.5 Å². The summed E-state index contributed by atoms with van der Waals surface area (Å²) < 4.78 is 0. The Balaban J connectivity index is 1.92. The molecule has 0 aliphatic heterocycles. The van der Waals surface area contributed by atoms with Crippen LogP contribution in [0.15, 0.2) is 71.7 Å². The van der Waals surface area contributed by atoms with E-state index < -0.39 is 0 Å². The minimum absolute atomic E-state index is 0.113. The van der Waals surface area contributed by atoms with Gasteiger partial charge in [0.1, 0.15) is 0 Å². The number of benzene rings is 3. The minimum atomic E-state index is 0.113. The summed E-state index contributed by atoms with van der Waals surface area (Å²) in [4.78, 5) is 4.91. The molecular weight excluding hydrogens is 332 g/mol. The van der Waals surface area contributed by atoms with Gasteiger partial charge in [0.15, 0.2) is 0 Å². The molecule has 1 N–H and O–H groups in total. The van der Waals surface area contributed by atoms with Crippen molar-refractivity contribution in [3.8, 4) is 17.2 Å². The van der Waals surface area contributed by atoms with Crippen molar-refractivity contribution in [2.45, 2.75) is 19.3 Å². The van der Waals surface area contributed by atoms with Crippen molar-refractivity contribution < 1.29 is 5.11 Å². The monoisotopic (exact) mass is 352 g/mol. The summed E-state index contributed by atoms with van der Waals surface area (Å²) in [5.74, 6) is 0.113. The predicted molar refractivity (Wildman–Crippen MR) is 108 cm³/mol. The summed E-state index contributed by atoms with van der Waals surface area (Å²) in [5, 5.41) is 18.8. The first kappa shape index (κ1) is 17.2. The Labute approximate surface area is 159 Å². The van der Waals surface area contributed by atoms with Gasteiger partial charge in [0.05, 0.1) is 23.0 Å². The molecule has 3 aromatic carbocycles. The number of nitrogens with zero attached hydrogens (tertiary/aromatic N) is 2. The summed E-state index contributed by atoms with van der Waals surface area (Å²) in [6.45, 7) is 2.24. The van der Waals surface area contributed by atoms with Crippen LogP contribution >= 0.6 is 0 Å². The van der Waals surface area contributed by atoms with Gasteiger partial charge in [-0.3, -0.25) is 0 Å². The Kier molecular flexibility index (Phi) is 4.58. The summed E-state index contributed by atoms with van der Waals surface area (Å²) in [7, 11) is 0. The van der Waals surface area contributed by atoms with E-state index in [1.165, 1.54) is 16.7 Å². The molecule has 27 heavy (non-hydrogen) atoms. The lowest BCUT2D eigenvalue weighted by atomic mass is 9.89. The third kappa shape index (κ3) is 2.95. The Morgan fingerprint density at radius 1 is 0.926 bits per heavy atom. The highest BCUT2D eigenvalue weighted by atomic mass is 16.3. The molecule has 4 rings (SSSR count). The second kappa shape index (κ2) is 7.19. The number of rotatable bonds is 4. The van der Waals surface area contributed by atoms with Gasteiger partial charge in [-0.1, -0.05) is 49.4 Å². The molecule has 1 atom stereocenters. The van der Waals surface area contributed by atoms with Crippen LogP contribution in [0, 0.1) is 11.3 Å². The molecule has 3 aromatic rings. The Morgan fingerprint density at radius 2 is 1.63 bits per heavy atom. The molecule has 0 saturated carbocycles. The fourth-order valence-electron chi connectivity index (χ4n) is 3.77. The average molecular weight is 352 g/mol. The largest absolute Gasteiger partial charge is 0.396 e. The standard InChI is InChI=1S/C24H20N2O/c1-2-17(15-27)19-8-5-9-22-23(19)20-6-3-4-7-21(20)24(22)26-18-12-10-16(14-25)11-13-18/h3-13,17,27H,2,15H2,1H3. The Bertz CT molecular complexity index is 1050. The van der Waals surface area contributed by atoms with E-state index in [1.807, 2.05) is 30.3 Å². The first-order chi connectivity index (χ1) is 13.3. The number of fused-ring (bicyclic) bond motifs is 3. The molecule has 0 spiro atoms. The molecule has 1 aliphatic carbocycles. The zero-order valence-corrected chi connectivity index (χ0v) is 15.2. The van der Waals surface area contributed by atoms with E-state index in [2.05, 4.69) is 37.3 Å². The lowest BCUT2D eigenvalue weighted by Crippen LogP contribution is -2.05. The lowest BCUT2D eigenvalue weighted by Gasteiger charge is -2.17. The summed E-state index contributed by atoms with van der Waals surface area (Å²) in [6, 6.07) is 24.0. The van der Waals surface area contributed by atoms with E-state index in [4.69, 9.17) is 10.3 Å². The van der Waals surface area contributed by atoms with E-state index in [0.717, 1.165) is 28.9 Å². The number of aliphatic hydroxyl groups is 1. The zero-order valence-electron chi connectivity index (χ0n) is 15.2. The molecule has 0 amide bonds. The molecule has 0 bridgehead atoms. The lowest BCUT2D eigenvalue weighted by molar-refractivity contribution is 0.262. The molecule has 132 valence electrons. The number of nitriles is 1. The van der Waals surface area contributed by atoms with Crippen molar-refractivity contribution in [2.24, 2.45) is 4.99 Å². The van der Waals surface area contributed by atoms with E-state index >= 15 is 0 Å². The molecule has 0 heterocycles. The highest BCUT2D eigenvalue weighted by Crippen LogP contribution is 2.42. The molecule has 3 nitrogen and oxygen atoms in total. The molecule has 0 aromatic heterocycles. The summed E-state index contributed by atoms with van der Waals surface area (Å²) in [6.07, 6.45) is 0.886. The van der Waals surface area contributed by atoms with Crippen LogP contribution in [-0.2, 0) is 0 Å². The average Bonchev–Trinajstić information content (AvgIpc) is 3.04. The summed E-state index contributed by atoms with van der Waals surface area (Å²) in [5.41, 5.74) is 8.13. The SMILES string of the molecule is CCC(CO)c1cccc2c1-c1ccccc1C2=Nc1ccc(C#N)cc1. The Morgan fingerprint density at radius 3 is 2.30 bits per heavy atom. The number of hydrogen-bond acceptors (Lipinski definition) is 3. The van der Waals surface area contributed by atoms with Crippen molar-refractivity contribution in [3.05, 3.63) is 89.0 Å². The minimum Gasteiger partial charge on any atom is -0.396 e. The number of aliphatic imine (C=N–C) groups is 1. The molecule has 0 radical (unpaired) electrons. The smallest absolute Gasteiger partial charge is 0.0991 e. The van der Waals surface area contributed by atoms with Crippen molar-refractivity contribution in [1.29, 1.82) is 5.26 Å². The third-order valence-electron chi connectivity index (χ3n) is 5.19. The molecular formula is C24H20N2O. The Hall–Kier alpha value is -3.22. The molecule has 0 saturated heterocycles. The van der Waals surface area contributed by atoms with Crippen molar-refractivity contribution in [2.75, 3.05) is 6.61 Å². The van der Waals surface area contributed by atoms with Crippen molar-refractivity contribution in [3.63, 3.8) is 0 Å². The van der Waals surface area contributed by atoms with Crippen LogP contribution in [0.2, 0.25) is 0 Å². The van der Waals surface area contributed by atoms with E-state index in [-0.39, 0.29) is 12.5 Å². The number of aliphatic hydroxyl groups excluding tert-OH is 1. The highest BCUT2D eigenvalue weighted by Gasteiger charge is 2.28. The van der Waals surface area contributed by atoms with Gasteiger partial charge in [-0.15, -0.1) is 0 Å². The number of hydrogen-bond donors (Lipinski definition) is 1. The summed E-state index contributed by atoms with van der Waals surface area (Å²) >= 11 is 0. The first-order valence-corrected chi connectivity index (χ1v) is 9.19. The van der Waals surface area contributed by atoms with Crippen LogP contribution in [0.4, 0.5) is 5.69 Å². The molecule has 1 aliphatic rings. The van der Waals surface area contributed by atoms with Gasteiger partial charge in [0, 0.05) is 23.7 Å². The van der Waals surface area contributed by atoms with Gasteiger partial charge in [-0.05, 0) is 47.4 Å². The van der Waals surface area contributed by atoms with Gasteiger partial charge >= 0.3 is 0 Å². The van der Waals surface area contributed by atoms with Crippen LogP contribution in [0.25, 0.3) is 11.1 Å². The molecule has 3 heteroatoms. The van der Waals surface area contributed by atoms with E-state index in [0.29, 0.717) is 5.56 Å². The topological polar surface area (TPSA) is 56.4 Å². The van der Waals surface area contributed by atoms with Crippen LogP contribution < -0.4 is 0 Å². The van der Waals surface area contributed by atoms with Gasteiger partial charge < -0.3 is 5.11 Å². The van der Waals surface area contributed by atoms with Gasteiger partial charge in [0.25, 0.3) is 0 Å². The maximum Gasteiger partial charge on any atom is 0.0991 e. The maximum atomic E-state index is 9.85. The van der Waals surface area contributed by atoms with E-state index in [9.17, 15) is 5.11 Å².